The predicted octanol–water partition coefficient (Wildman–Crippen LogP) is 3.75. The molecule has 1 aromatic rings. The zero-order valence-corrected chi connectivity index (χ0v) is 12.0. The maximum Gasteiger partial charge on any atom is 0.314 e. The first kappa shape index (κ1) is 13.4. The SMILES string of the molecule is Cc1cc(O)c(C2(C(=O)O)CCCCC2)cc1Br. The van der Waals surface area contributed by atoms with Crippen molar-refractivity contribution in [2.45, 2.75) is 44.4 Å². The summed E-state index contributed by atoms with van der Waals surface area (Å²) in [6.45, 7) is 1.88. The van der Waals surface area contributed by atoms with Crippen LogP contribution in [-0.4, -0.2) is 16.2 Å². The van der Waals surface area contributed by atoms with E-state index >= 15 is 0 Å². The highest BCUT2D eigenvalue weighted by molar-refractivity contribution is 9.10. The lowest BCUT2D eigenvalue weighted by molar-refractivity contribution is -0.145. The normalized spacial score (nSPS) is 18.6. The molecule has 2 rings (SSSR count). The molecule has 2 N–H and O–H groups in total. The number of aryl methyl sites for hydroxylation is 1. The van der Waals surface area contributed by atoms with Crippen LogP contribution in [0.25, 0.3) is 0 Å². The van der Waals surface area contributed by atoms with Crippen molar-refractivity contribution in [2.75, 3.05) is 0 Å². The molecule has 0 unspecified atom stereocenters. The Hall–Kier alpha value is -1.03. The third-order valence-corrected chi connectivity index (χ3v) is 4.76. The summed E-state index contributed by atoms with van der Waals surface area (Å²) < 4.78 is 0.849. The van der Waals surface area contributed by atoms with E-state index in [-0.39, 0.29) is 5.75 Å². The molecule has 4 heteroatoms. The highest BCUT2D eigenvalue weighted by atomic mass is 79.9. The monoisotopic (exact) mass is 312 g/mol. The first-order valence-electron chi connectivity index (χ1n) is 6.20. The molecule has 0 bridgehead atoms. The lowest BCUT2D eigenvalue weighted by atomic mass is 9.69. The molecule has 3 nitrogen and oxygen atoms in total. The molecule has 0 aromatic heterocycles. The van der Waals surface area contributed by atoms with E-state index in [0.29, 0.717) is 18.4 Å². The number of halogens is 1. The Morgan fingerprint density at radius 1 is 1.28 bits per heavy atom. The summed E-state index contributed by atoms with van der Waals surface area (Å²) in [5, 5.41) is 19.7. The van der Waals surface area contributed by atoms with Gasteiger partial charge in [-0.15, -0.1) is 0 Å². The van der Waals surface area contributed by atoms with Crippen molar-refractivity contribution >= 4 is 21.9 Å². The second kappa shape index (κ2) is 4.92. The number of aliphatic carboxylic acids is 1. The van der Waals surface area contributed by atoms with Gasteiger partial charge in [-0.25, -0.2) is 0 Å². The number of rotatable bonds is 2. The summed E-state index contributed by atoms with van der Waals surface area (Å²) in [7, 11) is 0. The molecule has 98 valence electrons. The smallest absolute Gasteiger partial charge is 0.314 e. The Morgan fingerprint density at radius 2 is 1.89 bits per heavy atom. The molecule has 1 aromatic carbocycles. The van der Waals surface area contributed by atoms with Crippen LogP contribution in [-0.2, 0) is 10.2 Å². The molecule has 1 aliphatic rings. The average molecular weight is 313 g/mol. The van der Waals surface area contributed by atoms with Gasteiger partial charge in [0.1, 0.15) is 5.75 Å². The second-order valence-corrected chi connectivity index (χ2v) is 5.92. The molecule has 0 saturated heterocycles. The van der Waals surface area contributed by atoms with Gasteiger partial charge in [-0.2, -0.15) is 0 Å². The number of carbonyl (C=O) groups is 1. The summed E-state index contributed by atoms with van der Waals surface area (Å²) in [6.07, 6.45) is 4.08. The molecule has 1 aliphatic carbocycles. The zero-order valence-electron chi connectivity index (χ0n) is 10.4. The molecule has 0 amide bonds. The fourth-order valence-electron chi connectivity index (χ4n) is 2.80. The Bertz CT molecular complexity index is 476. The van der Waals surface area contributed by atoms with E-state index in [4.69, 9.17) is 0 Å². The van der Waals surface area contributed by atoms with Gasteiger partial charge in [-0.3, -0.25) is 4.79 Å². The van der Waals surface area contributed by atoms with Gasteiger partial charge in [0.05, 0.1) is 5.41 Å². The van der Waals surface area contributed by atoms with Gasteiger partial charge < -0.3 is 10.2 Å². The Morgan fingerprint density at radius 3 is 2.44 bits per heavy atom. The highest BCUT2D eigenvalue weighted by Crippen LogP contribution is 2.44. The number of hydrogen-bond donors (Lipinski definition) is 2. The molecule has 0 atom stereocenters. The number of phenolic OH excluding ortho intramolecular Hbond substituents is 1. The summed E-state index contributed by atoms with van der Waals surface area (Å²) in [5.74, 6) is -0.728. The molecule has 18 heavy (non-hydrogen) atoms. The molecular formula is C14H17BrO3. The van der Waals surface area contributed by atoms with Gasteiger partial charge in [-0.1, -0.05) is 35.2 Å². The van der Waals surface area contributed by atoms with Gasteiger partial charge in [0.2, 0.25) is 0 Å². The van der Waals surface area contributed by atoms with E-state index in [2.05, 4.69) is 15.9 Å². The van der Waals surface area contributed by atoms with Crippen molar-refractivity contribution in [1.29, 1.82) is 0 Å². The van der Waals surface area contributed by atoms with Crippen LogP contribution in [0.3, 0.4) is 0 Å². The van der Waals surface area contributed by atoms with Crippen LogP contribution in [0, 0.1) is 6.92 Å². The summed E-state index contributed by atoms with van der Waals surface area (Å²) in [6, 6.07) is 3.41. The van der Waals surface area contributed by atoms with Gasteiger partial charge in [0.25, 0.3) is 0 Å². The predicted molar refractivity (Wildman–Crippen MR) is 72.9 cm³/mol. The molecule has 0 aliphatic heterocycles. The molecule has 0 radical (unpaired) electrons. The number of carboxylic acid groups (broad SMARTS) is 1. The topological polar surface area (TPSA) is 57.5 Å². The van der Waals surface area contributed by atoms with Crippen LogP contribution in [0.1, 0.15) is 43.2 Å². The van der Waals surface area contributed by atoms with Crippen molar-refractivity contribution < 1.29 is 15.0 Å². The fraction of sp³-hybridized carbons (Fsp3) is 0.500. The maximum absolute atomic E-state index is 11.7. The summed E-state index contributed by atoms with van der Waals surface area (Å²) in [4.78, 5) is 11.7. The number of benzene rings is 1. The van der Waals surface area contributed by atoms with Gasteiger partial charge in [0, 0.05) is 10.0 Å². The minimum absolute atomic E-state index is 0.0972. The van der Waals surface area contributed by atoms with Crippen molar-refractivity contribution in [3.05, 3.63) is 27.7 Å². The van der Waals surface area contributed by atoms with Crippen molar-refractivity contribution in [3.63, 3.8) is 0 Å². The van der Waals surface area contributed by atoms with Crippen LogP contribution >= 0.6 is 15.9 Å². The second-order valence-electron chi connectivity index (χ2n) is 5.07. The van der Waals surface area contributed by atoms with E-state index in [1.807, 2.05) is 6.92 Å². The molecule has 0 heterocycles. The lowest BCUT2D eigenvalue weighted by Crippen LogP contribution is -2.37. The first-order valence-corrected chi connectivity index (χ1v) is 7.00. The largest absolute Gasteiger partial charge is 0.508 e. The van der Waals surface area contributed by atoms with E-state index in [1.54, 1.807) is 12.1 Å². The maximum atomic E-state index is 11.7. The standard InChI is InChI=1S/C14H17BrO3/c1-9-7-12(16)10(8-11(9)15)14(13(17)18)5-3-2-4-6-14/h7-8,16H,2-6H2,1H3,(H,17,18). The van der Waals surface area contributed by atoms with E-state index < -0.39 is 11.4 Å². The van der Waals surface area contributed by atoms with Gasteiger partial charge in [-0.05, 0) is 37.5 Å². The summed E-state index contributed by atoms with van der Waals surface area (Å²) >= 11 is 3.42. The van der Waals surface area contributed by atoms with Crippen molar-refractivity contribution in [1.82, 2.24) is 0 Å². The van der Waals surface area contributed by atoms with E-state index in [0.717, 1.165) is 29.3 Å². The van der Waals surface area contributed by atoms with Gasteiger partial charge >= 0.3 is 5.97 Å². The molecule has 1 fully saturated rings. The third kappa shape index (κ3) is 2.14. The molecule has 1 saturated carbocycles. The van der Waals surface area contributed by atoms with Crippen molar-refractivity contribution in [2.24, 2.45) is 0 Å². The number of phenols is 1. The number of aromatic hydroxyl groups is 1. The number of carboxylic acids is 1. The Kier molecular flexibility index (Phi) is 3.66. The van der Waals surface area contributed by atoms with Crippen LogP contribution < -0.4 is 0 Å². The van der Waals surface area contributed by atoms with Crippen LogP contribution in [0.5, 0.6) is 5.75 Å². The first-order chi connectivity index (χ1) is 8.47. The summed E-state index contributed by atoms with van der Waals surface area (Å²) in [5.41, 5.74) is 0.540. The number of hydrogen-bond acceptors (Lipinski definition) is 2. The lowest BCUT2D eigenvalue weighted by Gasteiger charge is -2.34. The van der Waals surface area contributed by atoms with Crippen LogP contribution in [0.15, 0.2) is 16.6 Å². The fourth-order valence-corrected chi connectivity index (χ4v) is 3.15. The van der Waals surface area contributed by atoms with Crippen molar-refractivity contribution in [3.8, 4) is 5.75 Å². The quantitative estimate of drug-likeness (QED) is 0.874. The molecule has 0 spiro atoms. The Balaban J connectivity index is 2.55. The van der Waals surface area contributed by atoms with Crippen LogP contribution in [0.2, 0.25) is 0 Å². The molecular weight excluding hydrogens is 296 g/mol. The minimum Gasteiger partial charge on any atom is -0.508 e. The minimum atomic E-state index is -0.918. The average Bonchev–Trinajstić information content (AvgIpc) is 2.34. The van der Waals surface area contributed by atoms with E-state index in [1.165, 1.54) is 0 Å². The van der Waals surface area contributed by atoms with E-state index in [9.17, 15) is 15.0 Å². The Labute approximate surface area is 115 Å². The van der Waals surface area contributed by atoms with Gasteiger partial charge in [0.15, 0.2) is 0 Å². The third-order valence-electron chi connectivity index (χ3n) is 3.91. The van der Waals surface area contributed by atoms with Crippen LogP contribution in [0.4, 0.5) is 0 Å². The highest BCUT2D eigenvalue weighted by Gasteiger charge is 2.43. The zero-order chi connectivity index (χ0) is 13.3.